The molecule has 1 saturated heterocycles. The van der Waals surface area contributed by atoms with Gasteiger partial charge in [0.2, 0.25) is 0 Å². The number of anilines is 1. The summed E-state index contributed by atoms with van der Waals surface area (Å²) in [6.45, 7) is 5.65. The van der Waals surface area contributed by atoms with Crippen molar-refractivity contribution >= 4 is 17.8 Å². The maximum absolute atomic E-state index is 11.7. The monoisotopic (exact) mass is 385 g/mol. The number of piperidine rings is 1. The molecule has 1 aliphatic heterocycles. The molecule has 1 aromatic heterocycles. The number of aromatic nitrogens is 1. The Morgan fingerprint density at radius 2 is 1.93 bits per heavy atom. The fourth-order valence-corrected chi connectivity index (χ4v) is 3.46. The summed E-state index contributed by atoms with van der Waals surface area (Å²) in [5, 5.41) is 2.40. The highest BCUT2D eigenvalue weighted by Crippen LogP contribution is 2.33. The minimum absolute atomic E-state index is 0.162. The number of nitrogens with two attached hydrogens (primary N) is 2. The summed E-state index contributed by atoms with van der Waals surface area (Å²) in [4.78, 5) is 28.4. The van der Waals surface area contributed by atoms with E-state index in [1.807, 2.05) is 25.1 Å². The van der Waals surface area contributed by atoms with Crippen molar-refractivity contribution in [3.8, 4) is 17.0 Å². The van der Waals surface area contributed by atoms with Crippen LogP contribution in [-0.4, -0.2) is 48.1 Å². The van der Waals surface area contributed by atoms with Gasteiger partial charge in [0, 0.05) is 12.1 Å². The minimum atomic E-state index is -0.779. The van der Waals surface area contributed by atoms with Crippen LogP contribution in [-0.2, 0) is 0 Å². The number of nitrogens with one attached hydrogen (secondary N) is 2. The van der Waals surface area contributed by atoms with E-state index in [1.165, 1.54) is 19.3 Å². The Labute approximate surface area is 164 Å². The second kappa shape index (κ2) is 8.79. The Balaban J connectivity index is 1.81. The maximum Gasteiger partial charge on any atom is 0.317 e. The zero-order valence-corrected chi connectivity index (χ0v) is 16.1. The predicted molar refractivity (Wildman–Crippen MR) is 108 cm³/mol. The number of ether oxygens (including phenoxy) is 1. The SMILES string of the molecule is Cc1ccc(OCCN2CCCCC2)c(-c2cc(C(N)=O)c(NC(N)=O)[nH]2)c1. The van der Waals surface area contributed by atoms with Gasteiger partial charge in [-0.15, -0.1) is 0 Å². The molecule has 6 N–H and O–H groups in total. The van der Waals surface area contributed by atoms with Crippen LogP contribution in [0.1, 0.15) is 35.2 Å². The first-order chi connectivity index (χ1) is 13.4. The molecule has 2 heterocycles. The molecule has 0 saturated carbocycles. The highest BCUT2D eigenvalue weighted by atomic mass is 16.5. The van der Waals surface area contributed by atoms with Gasteiger partial charge in [-0.25, -0.2) is 4.79 Å². The van der Waals surface area contributed by atoms with E-state index in [-0.39, 0.29) is 11.4 Å². The third-order valence-electron chi connectivity index (χ3n) is 4.87. The molecule has 0 unspecified atom stereocenters. The van der Waals surface area contributed by atoms with Crippen molar-refractivity contribution in [2.45, 2.75) is 26.2 Å². The van der Waals surface area contributed by atoms with Crippen molar-refractivity contribution in [3.63, 3.8) is 0 Å². The van der Waals surface area contributed by atoms with E-state index >= 15 is 0 Å². The van der Waals surface area contributed by atoms with Crippen LogP contribution in [0.3, 0.4) is 0 Å². The quantitative estimate of drug-likeness (QED) is 0.584. The Morgan fingerprint density at radius 1 is 1.18 bits per heavy atom. The molecule has 3 amide bonds. The molecule has 8 nitrogen and oxygen atoms in total. The summed E-state index contributed by atoms with van der Waals surface area (Å²) in [5.74, 6) is 0.216. The number of likely N-dealkylation sites (tertiary alicyclic amines) is 1. The van der Waals surface area contributed by atoms with E-state index in [0.29, 0.717) is 18.1 Å². The standard InChI is InChI=1S/C20H27N5O3/c1-13-5-6-17(28-10-9-25-7-3-2-4-8-25)14(11-13)16-12-15(18(21)26)19(23-16)24-20(22)27/h5-6,11-12,23H,2-4,7-10H2,1H3,(H2,21,26)(H3,22,24,27). The molecule has 0 bridgehead atoms. The number of amides is 3. The number of hydrogen-bond acceptors (Lipinski definition) is 4. The summed E-state index contributed by atoms with van der Waals surface area (Å²) in [6.07, 6.45) is 3.78. The number of carbonyl (C=O) groups is 2. The molecule has 1 fully saturated rings. The predicted octanol–water partition coefficient (Wildman–Crippen LogP) is 2.44. The van der Waals surface area contributed by atoms with Gasteiger partial charge >= 0.3 is 6.03 Å². The largest absolute Gasteiger partial charge is 0.492 e. The minimum Gasteiger partial charge on any atom is -0.492 e. The van der Waals surface area contributed by atoms with Gasteiger partial charge in [-0.3, -0.25) is 15.0 Å². The lowest BCUT2D eigenvalue weighted by Gasteiger charge is -2.26. The number of urea groups is 1. The zero-order chi connectivity index (χ0) is 20.1. The third-order valence-corrected chi connectivity index (χ3v) is 4.87. The first-order valence-corrected chi connectivity index (χ1v) is 9.49. The molecule has 3 rings (SSSR count). The summed E-state index contributed by atoms with van der Waals surface area (Å²) < 4.78 is 6.05. The number of nitrogens with zero attached hydrogens (tertiary/aromatic N) is 1. The summed E-state index contributed by atoms with van der Waals surface area (Å²) in [7, 11) is 0. The highest BCUT2D eigenvalue weighted by molar-refractivity contribution is 6.03. The number of hydrogen-bond donors (Lipinski definition) is 4. The number of aryl methyl sites for hydroxylation is 1. The van der Waals surface area contributed by atoms with Gasteiger partial charge in [0.15, 0.2) is 0 Å². The Kier molecular flexibility index (Phi) is 6.20. The topological polar surface area (TPSA) is 126 Å². The number of primary amides is 2. The van der Waals surface area contributed by atoms with Gasteiger partial charge in [0.05, 0.1) is 11.3 Å². The average Bonchev–Trinajstić information content (AvgIpc) is 3.07. The number of benzene rings is 1. The number of aromatic amines is 1. The highest BCUT2D eigenvalue weighted by Gasteiger charge is 2.18. The second-order valence-electron chi connectivity index (χ2n) is 7.08. The average molecular weight is 385 g/mol. The fraction of sp³-hybridized carbons (Fsp3) is 0.400. The first kappa shape index (κ1) is 19.8. The van der Waals surface area contributed by atoms with Crippen LogP contribution < -0.4 is 21.5 Å². The van der Waals surface area contributed by atoms with Crippen molar-refractivity contribution in [3.05, 3.63) is 35.4 Å². The normalized spacial score (nSPS) is 14.6. The Morgan fingerprint density at radius 3 is 2.61 bits per heavy atom. The molecular weight excluding hydrogens is 358 g/mol. The van der Waals surface area contributed by atoms with E-state index in [0.717, 1.165) is 30.8 Å². The third kappa shape index (κ3) is 4.83. The lowest BCUT2D eigenvalue weighted by molar-refractivity contribution is 0.100. The summed E-state index contributed by atoms with van der Waals surface area (Å²) in [5.41, 5.74) is 13.2. The van der Waals surface area contributed by atoms with E-state index in [9.17, 15) is 9.59 Å². The molecule has 150 valence electrons. The molecule has 2 aromatic rings. The lowest BCUT2D eigenvalue weighted by atomic mass is 10.1. The molecule has 1 aromatic carbocycles. The van der Waals surface area contributed by atoms with Crippen LogP contribution in [0.25, 0.3) is 11.3 Å². The van der Waals surface area contributed by atoms with E-state index < -0.39 is 11.9 Å². The van der Waals surface area contributed by atoms with Crippen molar-refractivity contribution in [1.82, 2.24) is 9.88 Å². The molecule has 8 heteroatoms. The maximum atomic E-state index is 11.7. The van der Waals surface area contributed by atoms with Crippen LogP contribution in [0.4, 0.5) is 10.6 Å². The molecule has 0 atom stereocenters. The lowest BCUT2D eigenvalue weighted by Crippen LogP contribution is -2.33. The van der Waals surface area contributed by atoms with Gasteiger partial charge in [0.25, 0.3) is 5.91 Å². The molecular formula is C20H27N5O3. The molecule has 0 spiro atoms. The molecule has 0 radical (unpaired) electrons. The van der Waals surface area contributed by atoms with Crippen LogP contribution in [0, 0.1) is 6.92 Å². The summed E-state index contributed by atoms with van der Waals surface area (Å²) >= 11 is 0. The zero-order valence-electron chi connectivity index (χ0n) is 16.1. The van der Waals surface area contributed by atoms with Crippen LogP contribution in [0.5, 0.6) is 5.75 Å². The molecule has 28 heavy (non-hydrogen) atoms. The van der Waals surface area contributed by atoms with Crippen LogP contribution in [0.15, 0.2) is 24.3 Å². The van der Waals surface area contributed by atoms with Crippen molar-refractivity contribution in [2.75, 3.05) is 31.6 Å². The van der Waals surface area contributed by atoms with Crippen LogP contribution in [0.2, 0.25) is 0 Å². The number of H-pyrrole nitrogens is 1. The van der Waals surface area contributed by atoms with Gasteiger partial charge in [-0.05, 0) is 51.1 Å². The van der Waals surface area contributed by atoms with Crippen LogP contribution >= 0.6 is 0 Å². The van der Waals surface area contributed by atoms with E-state index in [1.54, 1.807) is 6.07 Å². The Bertz CT molecular complexity index is 856. The van der Waals surface area contributed by atoms with Gasteiger partial charge in [-0.1, -0.05) is 18.1 Å². The number of carbonyl (C=O) groups excluding carboxylic acids is 2. The van der Waals surface area contributed by atoms with Gasteiger partial charge < -0.3 is 21.2 Å². The van der Waals surface area contributed by atoms with Crippen molar-refractivity contribution in [2.24, 2.45) is 11.5 Å². The van der Waals surface area contributed by atoms with Crippen molar-refractivity contribution in [1.29, 1.82) is 0 Å². The Hall–Kier alpha value is -3.00. The first-order valence-electron chi connectivity index (χ1n) is 9.49. The van der Waals surface area contributed by atoms with Gasteiger partial charge in [0.1, 0.15) is 18.2 Å². The smallest absolute Gasteiger partial charge is 0.317 e. The summed E-state index contributed by atoms with van der Waals surface area (Å²) in [6, 6.07) is 6.66. The van der Waals surface area contributed by atoms with Gasteiger partial charge in [-0.2, -0.15) is 0 Å². The van der Waals surface area contributed by atoms with E-state index in [4.69, 9.17) is 16.2 Å². The molecule has 1 aliphatic rings. The molecule has 0 aliphatic carbocycles. The second-order valence-corrected chi connectivity index (χ2v) is 7.08. The number of rotatable bonds is 7. The van der Waals surface area contributed by atoms with E-state index in [2.05, 4.69) is 15.2 Å². The fourth-order valence-electron chi connectivity index (χ4n) is 3.46. The van der Waals surface area contributed by atoms with Crippen molar-refractivity contribution < 1.29 is 14.3 Å².